The molecule has 0 saturated carbocycles. The second-order valence-corrected chi connectivity index (χ2v) is 6.88. The molecule has 3 aromatic rings. The first-order valence-corrected chi connectivity index (χ1v) is 9.07. The number of benzene rings is 2. The normalized spacial score (nSPS) is 15.9. The molecule has 1 atom stereocenters. The fourth-order valence-electron chi connectivity index (χ4n) is 3.73. The summed E-state index contributed by atoms with van der Waals surface area (Å²) in [5.41, 5.74) is 2.99. The molecule has 1 aromatic heterocycles. The number of halogens is 1. The summed E-state index contributed by atoms with van der Waals surface area (Å²) in [5.74, 6) is -0.696. The van der Waals surface area contributed by atoms with E-state index in [-0.39, 0.29) is 30.5 Å². The van der Waals surface area contributed by atoms with E-state index in [2.05, 4.69) is 10.2 Å². The molecule has 7 heteroatoms. The van der Waals surface area contributed by atoms with Gasteiger partial charge in [0, 0.05) is 29.8 Å². The number of carbonyl (C=O) groups excluding carboxylic acids is 1. The molecule has 0 spiro atoms. The number of fused-ring (bicyclic) bond motifs is 1. The number of phenolic OH excluding ortho intramolecular Hbond substituents is 1. The van der Waals surface area contributed by atoms with Gasteiger partial charge in [-0.05, 0) is 31.5 Å². The van der Waals surface area contributed by atoms with Crippen LogP contribution in [0.5, 0.6) is 5.75 Å². The van der Waals surface area contributed by atoms with Crippen molar-refractivity contribution in [2.24, 2.45) is 0 Å². The van der Waals surface area contributed by atoms with E-state index in [1.807, 2.05) is 6.92 Å². The molecular weight excluding hydrogens is 361 g/mol. The van der Waals surface area contributed by atoms with Crippen molar-refractivity contribution in [3.05, 3.63) is 70.7 Å². The van der Waals surface area contributed by atoms with E-state index in [4.69, 9.17) is 0 Å². The lowest BCUT2D eigenvalue weighted by Crippen LogP contribution is -2.31. The van der Waals surface area contributed by atoms with Crippen molar-refractivity contribution in [3.63, 3.8) is 0 Å². The molecule has 0 fully saturated rings. The standard InChI is InChI=1S/C21H20FN3O3/c1-12-7-8-16(27)14(11-12)18-17-19(24-23-18)21(28)25(9-4-10-26)20(17)13-5-2-3-6-15(13)22/h2-3,5-8,11,20,26-27H,4,9-10H2,1H3,(H,23,24)/t20-/m0/s1. The summed E-state index contributed by atoms with van der Waals surface area (Å²) in [5, 5.41) is 26.6. The van der Waals surface area contributed by atoms with Crippen LogP contribution in [0.2, 0.25) is 0 Å². The van der Waals surface area contributed by atoms with Crippen LogP contribution in [0.4, 0.5) is 4.39 Å². The second kappa shape index (κ2) is 7.09. The van der Waals surface area contributed by atoms with Gasteiger partial charge in [-0.2, -0.15) is 5.10 Å². The van der Waals surface area contributed by atoms with Crippen LogP contribution in [0.25, 0.3) is 11.3 Å². The summed E-state index contributed by atoms with van der Waals surface area (Å²) in [6.07, 6.45) is 0.374. The van der Waals surface area contributed by atoms with Gasteiger partial charge < -0.3 is 15.1 Å². The van der Waals surface area contributed by atoms with Crippen molar-refractivity contribution < 1.29 is 19.4 Å². The second-order valence-electron chi connectivity index (χ2n) is 6.88. The van der Waals surface area contributed by atoms with Gasteiger partial charge in [-0.25, -0.2) is 4.39 Å². The van der Waals surface area contributed by atoms with Crippen molar-refractivity contribution in [2.75, 3.05) is 13.2 Å². The Bertz CT molecular complexity index is 1050. The van der Waals surface area contributed by atoms with E-state index in [9.17, 15) is 19.4 Å². The van der Waals surface area contributed by atoms with Crippen LogP contribution in [0.3, 0.4) is 0 Å². The first-order valence-electron chi connectivity index (χ1n) is 9.07. The summed E-state index contributed by atoms with van der Waals surface area (Å²) in [6, 6.07) is 10.7. The number of rotatable bonds is 5. The average molecular weight is 381 g/mol. The smallest absolute Gasteiger partial charge is 0.273 e. The zero-order valence-electron chi connectivity index (χ0n) is 15.3. The number of aryl methyl sites for hydroxylation is 1. The lowest BCUT2D eigenvalue weighted by molar-refractivity contribution is 0.0730. The fraction of sp³-hybridized carbons (Fsp3) is 0.238. The number of nitrogens with one attached hydrogen (secondary N) is 1. The minimum Gasteiger partial charge on any atom is -0.507 e. The number of amides is 1. The van der Waals surface area contributed by atoms with Crippen LogP contribution in [-0.2, 0) is 0 Å². The molecule has 0 bridgehead atoms. The number of aromatic amines is 1. The molecule has 2 aromatic carbocycles. The maximum absolute atomic E-state index is 14.7. The number of H-pyrrole nitrogens is 1. The van der Waals surface area contributed by atoms with Crippen LogP contribution in [0.15, 0.2) is 42.5 Å². The number of hydrogen-bond donors (Lipinski definition) is 3. The number of aliphatic hydroxyl groups excluding tert-OH is 1. The number of aromatic hydroxyl groups is 1. The number of aliphatic hydroxyl groups is 1. The topological polar surface area (TPSA) is 89.5 Å². The van der Waals surface area contributed by atoms with Gasteiger partial charge in [-0.3, -0.25) is 9.89 Å². The molecule has 2 heterocycles. The van der Waals surface area contributed by atoms with Crippen molar-refractivity contribution in [1.82, 2.24) is 15.1 Å². The molecule has 0 aliphatic carbocycles. The summed E-state index contributed by atoms with van der Waals surface area (Å²) in [7, 11) is 0. The van der Waals surface area contributed by atoms with Gasteiger partial charge in [-0.15, -0.1) is 0 Å². The van der Waals surface area contributed by atoms with Crippen LogP contribution >= 0.6 is 0 Å². The highest BCUT2D eigenvalue weighted by Crippen LogP contribution is 2.45. The van der Waals surface area contributed by atoms with Gasteiger partial charge in [0.1, 0.15) is 23.0 Å². The summed E-state index contributed by atoms with van der Waals surface area (Å²) < 4.78 is 14.7. The quantitative estimate of drug-likeness (QED) is 0.633. The molecule has 0 unspecified atom stereocenters. The van der Waals surface area contributed by atoms with Crippen LogP contribution < -0.4 is 0 Å². The number of carbonyl (C=O) groups is 1. The van der Waals surface area contributed by atoms with E-state index < -0.39 is 11.9 Å². The monoisotopic (exact) mass is 381 g/mol. The van der Waals surface area contributed by atoms with Crippen LogP contribution in [-0.4, -0.2) is 44.4 Å². The summed E-state index contributed by atoms with van der Waals surface area (Å²) in [6.45, 7) is 2.09. The third-order valence-corrected chi connectivity index (χ3v) is 5.03. The van der Waals surface area contributed by atoms with Gasteiger partial charge in [0.2, 0.25) is 0 Å². The Balaban J connectivity index is 1.92. The number of aromatic nitrogens is 2. The van der Waals surface area contributed by atoms with Crippen molar-refractivity contribution >= 4 is 5.91 Å². The molecule has 3 N–H and O–H groups in total. The third kappa shape index (κ3) is 2.84. The van der Waals surface area contributed by atoms with Gasteiger partial charge in [0.25, 0.3) is 5.91 Å². The average Bonchev–Trinajstić information content (AvgIpc) is 3.22. The Morgan fingerprint density at radius 3 is 2.79 bits per heavy atom. The first kappa shape index (κ1) is 18.2. The van der Waals surface area contributed by atoms with E-state index in [1.165, 1.54) is 11.0 Å². The maximum atomic E-state index is 14.7. The van der Waals surface area contributed by atoms with Crippen molar-refractivity contribution in [3.8, 4) is 17.0 Å². The van der Waals surface area contributed by atoms with Crippen molar-refractivity contribution in [1.29, 1.82) is 0 Å². The van der Waals surface area contributed by atoms with Gasteiger partial charge in [0.15, 0.2) is 0 Å². The third-order valence-electron chi connectivity index (χ3n) is 5.03. The molecular formula is C21H20FN3O3. The Morgan fingerprint density at radius 1 is 1.25 bits per heavy atom. The molecule has 1 amide bonds. The van der Waals surface area contributed by atoms with Gasteiger partial charge in [-0.1, -0.05) is 29.8 Å². The molecule has 1 aliphatic heterocycles. The van der Waals surface area contributed by atoms with Gasteiger partial charge in [0.05, 0.1) is 6.04 Å². The number of nitrogens with zero attached hydrogens (tertiary/aromatic N) is 2. The number of hydrogen-bond acceptors (Lipinski definition) is 4. The van der Waals surface area contributed by atoms with Crippen molar-refractivity contribution in [2.45, 2.75) is 19.4 Å². The number of phenols is 1. The highest BCUT2D eigenvalue weighted by Gasteiger charge is 2.43. The zero-order valence-corrected chi connectivity index (χ0v) is 15.3. The predicted molar refractivity (Wildman–Crippen MR) is 101 cm³/mol. The highest BCUT2D eigenvalue weighted by atomic mass is 19.1. The molecule has 0 saturated heterocycles. The molecule has 0 radical (unpaired) electrons. The minimum absolute atomic E-state index is 0.0356. The lowest BCUT2D eigenvalue weighted by atomic mass is 9.94. The van der Waals surface area contributed by atoms with E-state index in [0.717, 1.165) is 5.56 Å². The fourth-order valence-corrected chi connectivity index (χ4v) is 3.73. The minimum atomic E-state index is -0.691. The first-order chi connectivity index (χ1) is 13.5. The van der Waals surface area contributed by atoms with E-state index >= 15 is 0 Å². The SMILES string of the molecule is Cc1ccc(O)c(-c2n[nH]c3c2[C@H](c2ccccc2F)N(CCCO)C3=O)c1. The molecule has 4 rings (SSSR count). The summed E-state index contributed by atoms with van der Waals surface area (Å²) >= 11 is 0. The Hall–Kier alpha value is -3.19. The molecule has 28 heavy (non-hydrogen) atoms. The Morgan fingerprint density at radius 2 is 2.04 bits per heavy atom. The maximum Gasteiger partial charge on any atom is 0.273 e. The Kier molecular flexibility index (Phi) is 4.60. The van der Waals surface area contributed by atoms with Crippen LogP contribution in [0, 0.1) is 12.7 Å². The summed E-state index contributed by atoms with van der Waals surface area (Å²) in [4.78, 5) is 14.5. The van der Waals surface area contributed by atoms with E-state index in [0.29, 0.717) is 28.8 Å². The predicted octanol–water partition coefficient (Wildman–Crippen LogP) is 3.16. The highest BCUT2D eigenvalue weighted by molar-refractivity contribution is 6.00. The zero-order chi connectivity index (χ0) is 19.8. The van der Waals surface area contributed by atoms with E-state index in [1.54, 1.807) is 36.4 Å². The molecule has 6 nitrogen and oxygen atoms in total. The lowest BCUT2D eigenvalue weighted by Gasteiger charge is -2.26. The van der Waals surface area contributed by atoms with Crippen LogP contribution in [0.1, 0.15) is 39.6 Å². The Labute approximate surface area is 161 Å². The molecule has 144 valence electrons. The molecule has 1 aliphatic rings. The van der Waals surface area contributed by atoms with Gasteiger partial charge >= 0.3 is 0 Å². The largest absolute Gasteiger partial charge is 0.507 e.